The van der Waals surface area contributed by atoms with Crippen LogP contribution in [-0.2, 0) is 0 Å². The Balaban J connectivity index is 3.13. The summed E-state index contributed by atoms with van der Waals surface area (Å²) < 4.78 is 1.28. The summed E-state index contributed by atoms with van der Waals surface area (Å²) >= 11 is 2.34. The molecule has 64 valence electrons. The van der Waals surface area contributed by atoms with Crippen LogP contribution in [-0.4, -0.2) is 7.05 Å². The minimum Gasteiger partial charge on any atom is -0.388 e. The van der Waals surface area contributed by atoms with Crippen LogP contribution in [0.3, 0.4) is 0 Å². The third-order valence-electron chi connectivity index (χ3n) is 1.71. The predicted octanol–water partition coefficient (Wildman–Crippen LogP) is 3.52. The number of anilines is 1. The lowest BCUT2D eigenvalue weighted by Gasteiger charge is -2.06. The van der Waals surface area contributed by atoms with Crippen molar-refractivity contribution < 1.29 is 0 Å². The highest BCUT2D eigenvalue weighted by Gasteiger charge is 2.00. The number of hydrogen-bond donors (Lipinski definition) is 1. The lowest BCUT2D eigenvalue weighted by Crippen LogP contribution is -1.91. The van der Waals surface area contributed by atoms with Crippen LogP contribution < -0.4 is 5.32 Å². The average Bonchev–Trinajstić information content (AvgIpc) is 2.16. The Labute approximate surface area is 87.0 Å². The van der Waals surface area contributed by atoms with E-state index in [4.69, 9.17) is 0 Å². The molecule has 2 heteroatoms. The van der Waals surface area contributed by atoms with E-state index >= 15 is 0 Å². The van der Waals surface area contributed by atoms with Crippen molar-refractivity contribution in [1.29, 1.82) is 0 Å². The number of nitrogens with one attached hydrogen (secondary N) is 1. The van der Waals surface area contributed by atoms with E-state index in [1.807, 2.05) is 20.0 Å². The molecule has 0 amide bonds. The zero-order valence-corrected chi connectivity index (χ0v) is 9.42. The molecule has 1 N–H and O–H groups in total. The molecule has 1 aromatic rings. The second-order valence-electron chi connectivity index (χ2n) is 2.43. The Kier molecular flexibility index (Phi) is 3.59. The predicted molar refractivity (Wildman–Crippen MR) is 63.7 cm³/mol. The van der Waals surface area contributed by atoms with Crippen LogP contribution in [0.4, 0.5) is 5.69 Å². The molecule has 0 aliphatic rings. The Morgan fingerprint density at radius 3 is 2.67 bits per heavy atom. The molecule has 0 saturated heterocycles. The molecule has 0 atom stereocenters. The average molecular weight is 273 g/mol. The molecule has 0 aromatic heterocycles. The summed E-state index contributed by atoms with van der Waals surface area (Å²) in [5.41, 5.74) is 2.45. The van der Waals surface area contributed by atoms with Crippen LogP contribution in [0.25, 0.3) is 3.58 Å². The maximum atomic E-state index is 3.17. The van der Waals surface area contributed by atoms with E-state index in [-0.39, 0.29) is 0 Å². The van der Waals surface area contributed by atoms with Gasteiger partial charge in [0.25, 0.3) is 0 Å². The highest BCUT2D eigenvalue weighted by molar-refractivity contribution is 14.1. The first kappa shape index (κ1) is 9.58. The Bertz CT molecular complexity index is 292. The first-order chi connectivity index (χ1) is 5.79. The van der Waals surface area contributed by atoms with Crippen molar-refractivity contribution in [2.45, 2.75) is 6.92 Å². The van der Waals surface area contributed by atoms with Crippen molar-refractivity contribution in [2.24, 2.45) is 0 Å². The van der Waals surface area contributed by atoms with E-state index in [9.17, 15) is 0 Å². The van der Waals surface area contributed by atoms with Gasteiger partial charge in [-0.05, 0) is 35.6 Å². The highest BCUT2D eigenvalue weighted by atomic mass is 127. The van der Waals surface area contributed by atoms with Crippen molar-refractivity contribution >= 4 is 31.9 Å². The molecule has 1 nitrogen and oxygen atoms in total. The molecule has 12 heavy (non-hydrogen) atoms. The zero-order chi connectivity index (χ0) is 8.97. The SMILES string of the molecule is C/C=C(/I)c1ccccc1NC. The van der Waals surface area contributed by atoms with Gasteiger partial charge in [-0.2, -0.15) is 0 Å². The van der Waals surface area contributed by atoms with Crippen LogP contribution in [0.5, 0.6) is 0 Å². The van der Waals surface area contributed by atoms with Crippen molar-refractivity contribution in [3.8, 4) is 0 Å². The molecule has 0 unspecified atom stereocenters. The molecule has 0 bridgehead atoms. The van der Waals surface area contributed by atoms with Gasteiger partial charge >= 0.3 is 0 Å². The number of benzene rings is 1. The van der Waals surface area contributed by atoms with Crippen LogP contribution >= 0.6 is 22.6 Å². The van der Waals surface area contributed by atoms with Crippen molar-refractivity contribution in [3.05, 3.63) is 35.9 Å². The Hall–Kier alpha value is -0.510. The van der Waals surface area contributed by atoms with E-state index in [0.717, 1.165) is 0 Å². The van der Waals surface area contributed by atoms with E-state index in [1.54, 1.807) is 0 Å². The second kappa shape index (κ2) is 4.50. The summed E-state index contributed by atoms with van der Waals surface area (Å²) in [5, 5.41) is 3.17. The molecular weight excluding hydrogens is 261 g/mol. The first-order valence-electron chi connectivity index (χ1n) is 3.88. The molecule has 1 rings (SSSR count). The van der Waals surface area contributed by atoms with Crippen LogP contribution in [0.2, 0.25) is 0 Å². The molecule has 0 heterocycles. The fourth-order valence-electron chi connectivity index (χ4n) is 1.06. The second-order valence-corrected chi connectivity index (χ2v) is 3.59. The lowest BCUT2D eigenvalue weighted by molar-refractivity contribution is 1.49. The largest absolute Gasteiger partial charge is 0.388 e. The van der Waals surface area contributed by atoms with Crippen LogP contribution in [0.1, 0.15) is 12.5 Å². The Morgan fingerprint density at radius 2 is 2.08 bits per heavy atom. The van der Waals surface area contributed by atoms with Gasteiger partial charge in [0.2, 0.25) is 0 Å². The van der Waals surface area contributed by atoms with Gasteiger partial charge in [-0.15, -0.1) is 0 Å². The maximum absolute atomic E-state index is 3.17. The van der Waals surface area contributed by atoms with E-state index < -0.39 is 0 Å². The minimum atomic E-state index is 1.18. The number of para-hydroxylation sites is 1. The third-order valence-corrected chi connectivity index (χ3v) is 2.91. The number of rotatable bonds is 2. The van der Waals surface area contributed by atoms with Gasteiger partial charge in [0.1, 0.15) is 0 Å². The van der Waals surface area contributed by atoms with Crippen LogP contribution in [0, 0.1) is 0 Å². The molecule has 0 aliphatic carbocycles. The van der Waals surface area contributed by atoms with Gasteiger partial charge in [0.15, 0.2) is 0 Å². The first-order valence-corrected chi connectivity index (χ1v) is 4.96. The van der Waals surface area contributed by atoms with Gasteiger partial charge in [0, 0.05) is 21.9 Å². The minimum absolute atomic E-state index is 1.18. The molecule has 0 spiro atoms. The number of hydrogen-bond acceptors (Lipinski definition) is 1. The van der Waals surface area contributed by atoms with Crippen molar-refractivity contribution in [1.82, 2.24) is 0 Å². The van der Waals surface area contributed by atoms with Crippen LogP contribution in [0.15, 0.2) is 30.3 Å². The van der Waals surface area contributed by atoms with E-state index in [2.05, 4.69) is 52.2 Å². The lowest BCUT2D eigenvalue weighted by atomic mass is 10.1. The van der Waals surface area contributed by atoms with Crippen molar-refractivity contribution in [2.75, 3.05) is 12.4 Å². The monoisotopic (exact) mass is 273 g/mol. The van der Waals surface area contributed by atoms with E-state index in [1.165, 1.54) is 14.8 Å². The number of allylic oxidation sites excluding steroid dienone is 1. The van der Waals surface area contributed by atoms with Gasteiger partial charge < -0.3 is 5.32 Å². The van der Waals surface area contributed by atoms with Gasteiger partial charge in [-0.3, -0.25) is 0 Å². The number of halogens is 1. The maximum Gasteiger partial charge on any atom is 0.0421 e. The smallest absolute Gasteiger partial charge is 0.0421 e. The summed E-state index contributed by atoms with van der Waals surface area (Å²) in [6.07, 6.45) is 2.11. The van der Waals surface area contributed by atoms with E-state index in [0.29, 0.717) is 0 Å². The zero-order valence-electron chi connectivity index (χ0n) is 7.26. The fraction of sp³-hybridized carbons (Fsp3) is 0.200. The highest BCUT2D eigenvalue weighted by Crippen LogP contribution is 2.27. The topological polar surface area (TPSA) is 12.0 Å². The van der Waals surface area contributed by atoms with Gasteiger partial charge in [-0.25, -0.2) is 0 Å². The Morgan fingerprint density at radius 1 is 1.42 bits per heavy atom. The summed E-state index contributed by atoms with van der Waals surface area (Å²) in [6.45, 7) is 2.05. The van der Waals surface area contributed by atoms with Crippen molar-refractivity contribution in [3.63, 3.8) is 0 Å². The summed E-state index contributed by atoms with van der Waals surface area (Å²) in [5.74, 6) is 0. The summed E-state index contributed by atoms with van der Waals surface area (Å²) in [6, 6.07) is 8.29. The fourth-order valence-corrected chi connectivity index (χ4v) is 1.54. The third kappa shape index (κ3) is 2.00. The molecule has 0 aliphatic heterocycles. The quantitative estimate of drug-likeness (QED) is 0.813. The molecule has 1 aromatic carbocycles. The molecular formula is C10H12IN. The molecule has 0 radical (unpaired) electrons. The van der Waals surface area contributed by atoms with Gasteiger partial charge in [0.05, 0.1) is 0 Å². The normalized spacial score (nSPS) is 11.4. The summed E-state index contributed by atoms with van der Waals surface area (Å²) in [4.78, 5) is 0. The standard InChI is InChI=1S/C10H12IN/c1-3-9(11)8-6-4-5-7-10(8)12-2/h3-7,12H,1-2H3/b9-3+. The van der Waals surface area contributed by atoms with Gasteiger partial charge in [-0.1, -0.05) is 24.3 Å². The molecule has 0 saturated carbocycles. The molecule has 0 fully saturated rings. The summed E-state index contributed by atoms with van der Waals surface area (Å²) in [7, 11) is 1.94.